The molecule has 0 heterocycles. The lowest BCUT2D eigenvalue weighted by Crippen LogP contribution is -2.38. The van der Waals surface area contributed by atoms with Gasteiger partial charge in [-0.25, -0.2) is 0 Å². The van der Waals surface area contributed by atoms with E-state index < -0.39 is 0 Å². The monoisotopic (exact) mass is 279 g/mol. The molecule has 0 aromatic heterocycles. The normalized spacial score (nSPS) is 17.3. The molecule has 1 saturated carbocycles. The maximum atomic E-state index is 12.0. The van der Waals surface area contributed by atoms with Gasteiger partial charge in [0.2, 0.25) is 5.91 Å². The third kappa shape index (κ3) is 4.87. The van der Waals surface area contributed by atoms with Gasteiger partial charge >= 0.3 is 0 Å². The summed E-state index contributed by atoms with van der Waals surface area (Å²) in [7, 11) is 0. The van der Waals surface area contributed by atoms with Crippen LogP contribution in [0.5, 0.6) is 0 Å². The Labute approximate surface area is 120 Å². The lowest BCUT2D eigenvalue weighted by atomic mass is 10.0. The maximum Gasteiger partial charge on any atom is 0.220 e. The molecule has 0 radical (unpaired) electrons. The van der Waals surface area contributed by atoms with Gasteiger partial charge < -0.3 is 5.32 Å². The van der Waals surface area contributed by atoms with Crippen LogP contribution >= 0.6 is 11.6 Å². The highest BCUT2D eigenvalue weighted by atomic mass is 35.5. The summed E-state index contributed by atoms with van der Waals surface area (Å²) in [6, 6.07) is 10.2. The summed E-state index contributed by atoms with van der Waals surface area (Å²) in [4.78, 5) is 12.0. The average molecular weight is 280 g/mol. The molecule has 1 atom stereocenters. The minimum absolute atomic E-state index is 0.0398. The van der Waals surface area contributed by atoms with Crippen LogP contribution in [0.15, 0.2) is 30.3 Å². The second-order valence-electron chi connectivity index (χ2n) is 5.46. The molecule has 0 spiro atoms. The molecule has 1 aliphatic rings. The SMILES string of the molecule is O=C(CC1CCCC1)NC(CCl)Cc1ccccc1. The molecule has 2 rings (SSSR count). The Kier molecular flexibility index (Phi) is 5.71. The van der Waals surface area contributed by atoms with Crippen LogP contribution in [-0.2, 0) is 11.2 Å². The lowest BCUT2D eigenvalue weighted by molar-refractivity contribution is -0.122. The van der Waals surface area contributed by atoms with Crippen molar-refractivity contribution in [2.24, 2.45) is 5.92 Å². The topological polar surface area (TPSA) is 29.1 Å². The molecule has 0 saturated heterocycles. The zero-order valence-corrected chi connectivity index (χ0v) is 12.0. The first-order valence-corrected chi connectivity index (χ1v) is 7.70. The maximum absolute atomic E-state index is 12.0. The van der Waals surface area contributed by atoms with Crippen molar-refractivity contribution in [3.8, 4) is 0 Å². The van der Waals surface area contributed by atoms with Crippen molar-refractivity contribution < 1.29 is 4.79 Å². The number of rotatable bonds is 6. The predicted molar refractivity (Wildman–Crippen MR) is 79.4 cm³/mol. The molecular weight excluding hydrogens is 258 g/mol. The Morgan fingerprint density at radius 1 is 1.26 bits per heavy atom. The molecule has 1 fully saturated rings. The molecule has 19 heavy (non-hydrogen) atoms. The van der Waals surface area contributed by atoms with Crippen molar-refractivity contribution in [1.29, 1.82) is 0 Å². The third-order valence-corrected chi connectivity index (χ3v) is 4.20. The van der Waals surface area contributed by atoms with E-state index in [0.717, 1.165) is 6.42 Å². The number of benzene rings is 1. The van der Waals surface area contributed by atoms with Gasteiger partial charge in [0.25, 0.3) is 0 Å². The van der Waals surface area contributed by atoms with Crippen molar-refractivity contribution in [2.75, 3.05) is 5.88 Å². The standard InChI is InChI=1S/C16H22ClNO/c17-12-15(10-13-6-2-1-3-7-13)18-16(19)11-14-8-4-5-9-14/h1-3,6-7,14-15H,4-5,8-12H2,(H,18,19). The first-order valence-electron chi connectivity index (χ1n) is 7.17. The van der Waals surface area contributed by atoms with Crippen LogP contribution in [0.3, 0.4) is 0 Å². The molecule has 3 heteroatoms. The lowest BCUT2D eigenvalue weighted by Gasteiger charge is -2.17. The van der Waals surface area contributed by atoms with Crippen LogP contribution in [0.4, 0.5) is 0 Å². The zero-order valence-electron chi connectivity index (χ0n) is 11.3. The Balaban J connectivity index is 1.79. The number of carbonyl (C=O) groups is 1. The highest BCUT2D eigenvalue weighted by molar-refractivity contribution is 6.18. The Morgan fingerprint density at radius 3 is 2.58 bits per heavy atom. The minimum Gasteiger partial charge on any atom is -0.352 e. The van der Waals surface area contributed by atoms with Gasteiger partial charge in [-0.3, -0.25) is 4.79 Å². The number of nitrogens with one attached hydrogen (secondary N) is 1. The fourth-order valence-electron chi connectivity index (χ4n) is 2.81. The fourth-order valence-corrected chi connectivity index (χ4v) is 2.99. The molecule has 1 aromatic carbocycles. The number of alkyl halides is 1. The summed E-state index contributed by atoms with van der Waals surface area (Å²) in [5, 5.41) is 3.07. The second-order valence-corrected chi connectivity index (χ2v) is 5.77. The minimum atomic E-state index is 0.0398. The van der Waals surface area contributed by atoms with Crippen LogP contribution in [0.25, 0.3) is 0 Å². The highest BCUT2D eigenvalue weighted by Crippen LogP contribution is 2.27. The average Bonchev–Trinajstić information content (AvgIpc) is 2.92. The van der Waals surface area contributed by atoms with Crippen LogP contribution < -0.4 is 5.32 Å². The van der Waals surface area contributed by atoms with E-state index in [1.54, 1.807) is 0 Å². The van der Waals surface area contributed by atoms with E-state index in [2.05, 4.69) is 17.4 Å². The van der Waals surface area contributed by atoms with E-state index in [9.17, 15) is 4.79 Å². The molecule has 2 nitrogen and oxygen atoms in total. The third-order valence-electron chi connectivity index (χ3n) is 3.83. The number of amides is 1. The quantitative estimate of drug-likeness (QED) is 0.793. The van der Waals surface area contributed by atoms with E-state index in [1.807, 2.05) is 18.2 Å². The molecule has 0 bridgehead atoms. The molecule has 104 valence electrons. The Morgan fingerprint density at radius 2 is 1.95 bits per heavy atom. The van der Waals surface area contributed by atoms with Crippen molar-refractivity contribution in [2.45, 2.75) is 44.6 Å². The van der Waals surface area contributed by atoms with Crippen molar-refractivity contribution >= 4 is 17.5 Å². The van der Waals surface area contributed by atoms with Crippen molar-refractivity contribution in [3.63, 3.8) is 0 Å². The zero-order chi connectivity index (χ0) is 13.5. The van der Waals surface area contributed by atoms with E-state index in [0.29, 0.717) is 18.2 Å². The summed E-state index contributed by atoms with van der Waals surface area (Å²) in [6.45, 7) is 0. The molecule has 1 unspecified atom stereocenters. The molecule has 1 aliphatic carbocycles. The Hall–Kier alpha value is -1.02. The van der Waals surface area contributed by atoms with Gasteiger partial charge in [0.15, 0.2) is 0 Å². The van der Waals surface area contributed by atoms with Crippen LogP contribution in [0.1, 0.15) is 37.7 Å². The number of hydrogen-bond acceptors (Lipinski definition) is 1. The van der Waals surface area contributed by atoms with Gasteiger partial charge in [0.05, 0.1) is 0 Å². The van der Waals surface area contributed by atoms with Crippen LogP contribution in [-0.4, -0.2) is 17.8 Å². The van der Waals surface area contributed by atoms with E-state index in [1.165, 1.54) is 31.2 Å². The first kappa shape index (κ1) is 14.4. The van der Waals surface area contributed by atoms with Crippen LogP contribution in [0.2, 0.25) is 0 Å². The molecular formula is C16H22ClNO. The summed E-state index contributed by atoms with van der Waals surface area (Å²) in [6.07, 6.45) is 6.44. The number of carbonyl (C=O) groups excluding carboxylic acids is 1. The smallest absolute Gasteiger partial charge is 0.220 e. The number of halogens is 1. The summed E-state index contributed by atoms with van der Waals surface area (Å²) in [5.74, 6) is 1.21. The number of hydrogen-bond donors (Lipinski definition) is 1. The van der Waals surface area contributed by atoms with Gasteiger partial charge in [0, 0.05) is 18.3 Å². The van der Waals surface area contributed by atoms with Gasteiger partial charge in [0.1, 0.15) is 0 Å². The van der Waals surface area contributed by atoms with Crippen LogP contribution in [0, 0.1) is 5.92 Å². The molecule has 1 N–H and O–H groups in total. The first-order chi connectivity index (χ1) is 9.28. The highest BCUT2D eigenvalue weighted by Gasteiger charge is 2.20. The predicted octanol–water partition coefficient (Wildman–Crippen LogP) is 3.53. The van der Waals surface area contributed by atoms with Gasteiger partial charge in [-0.05, 0) is 30.7 Å². The fraction of sp³-hybridized carbons (Fsp3) is 0.562. The van der Waals surface area contributed by atoms with E-state index in [-0.39, 0.29) is 11.9 Å². The second kappa shape index (κ2) is 7.54. The summed E-state index contributed by atoms with van der Waals surface area (Å²) < 4.78 is 0. The molecule has 0 aliphatic heterocycles. The summed E-state index contributed by atoms with van der Waals surface area (Å²) >= 11 is 5.96. The summed E-state index contributed by atoms with van der Waals surface area (Å²) in [5.41, 5.74) is 1.22. The Bertz CT molecular complexity index is 387. The van der Waals surface area contributed by atoms with Gasteiger partial charge in [-0.15, -0.1) is 11.6 Å². The van der Waals surface area contributed by atoms with E-state index in [4.69, 9.17) is 11.6 Å². The van der Waals surface area contributed by atoms with Crippen molar-refractivity contribution in [3.05, 3.63) is 35.9 Å². The largest absolute Gasteiger partial charge is 0.352 e. The molecule has 1 amide bonds. The van der Waals surface area contributed by atoms with Gasteiger partial charge in [-0.2, -0.15) is 0 Å². The van der Waals surface area contributed by atoms with Gasteiger partial charge in [-0.1, -0.05) is 43.2 Å². The molecule has 1 aromatic rings. The van der Waals surface area contributed by atoms with Crippen molar-refractivity contribution in [1.82, 2.24) is 5.32 Å². The van der Waals surface area contributed by atoms with E-state index >= 15 is 0 Å².